The Bertz CT molecular complexity index is 1060. The number of carbonyl (C=O) groups is 2. The van der Waals surface area contributed by atoms with Crippen LogP contribution in [0.5, 0.6) is 5.75 Å². The first-order valence-electron chi connectivity index (χ1n) is 9.27. The number of esters is 1. The molecule has 0 spiro atoms. The summed E-state index contributed by atoms with van der Waals surface area (Å²) in [5.74, 6) is 0.157. The number of carbonyl (C=O) groups excluding carboxylic acids is 2. The number of aromatic nitrogens is 1. The van der Waals surface area contributed by atoms with E-state index in [0.29, 0.717) is 37.3 Å². The summed E-state index contributed by atoms with van der Waals surface area (Å²) in [4.78, 5) is 33.6. The van der Waals surface area contributed by atoms with Crippen molar-refractivity contribution in [3.8, 4) is 5.75 Å². The lowest BCUT2D eigenvalue weighted by molar-refractivity contribution is 0.0589. The van der Waals surface area contributed by atoms with Gasteiger partial charge in [-0.3, -0.25) is 4.79 Å². The predicted molar refractivity (Wildman–Crippen MR) is 112 cm³/mol. The zero-order chi connectivity index (χ0) is 20.4. The van der Waals surface area contributed by atoms with Crippen molar-refractivity contribution in [3.63, 3.8) is 0 Å². The summed E-state index contributed by atoms with van der Waals surface area (Å²) in [7, 11) is 2.97. The average Bonchev–Trinajstić information content (AvgIpc) is 3.21. The number of piperazine rings is 1. The second kappa shape index (κ2) is 8.08. The van der Waals surface area contributed by atoms with E-state index in [0.717, 1.165) is 21.1 Å². The quantitative estimate of drug-likeness (QED) is 0.615. The van der Waals surface area contributed by atoms with Crippen LogP contribution in [0.4, 0.5) is 5.13 Å². The minimum absolute atomic E-state index is 0.153. The third-order valence-corrected chi connectivity index (χ3v) is 6.06. The van der Waals surface area contributed by atoms with Crippen molar-refractivity contribution in [1.29, 1.82) is 0 Å². The zero-order valence-corrected chi connectivity index (χ0v) is 17.1. The van der Waals surface area contributed by atoms with Crippen LogP contribution < -0.4 is 9.64 Å². The monoisotopic (exact) mass is 411 g/mol. The van der Waals surface area contributed by atoms with Crippen molar-refractivity contribution >= 4 is 38.6 Å². The van der Waals surface area contributed by atoms with Gasteiger partial charge in [0.1, 0.15) is 5.75 Å². The van der Waals surface area contributed by atoms with E-state index in [2.05, 4.69) is 4.90 Å². The highest BCUT2D eigenvalue weighted by Gasteiger charge is 2.26. The summed E-state index contributed by atoms with van der Waals surface area (Å²) in [5, 5.41) is 0.940. The number of hydrogen-bond donors (Lipinski definition) is 0. The summed E-state index contributed by atoms with van der Waals surface area (Å²) in [6, 6.07) is 12.6. The molecule has 0 bridgehead atoms. The number of benzene rings is 2. The van der Waals surface area contributed by atoms with Crippen molar-refractivity contribution in [2.45, 2.75) is 0 Å². The molecule has 1 saturated heterocycles. The molecule has 4 rings (SSSR count). The molecule has 2 heterocycles. The summed E-state index contributed by atoms with van der Waals surface area (Å²) in [6.07, 6.45) is 0. The van der Waals surface area contributed by atoms with Gasteiger partial charge in [-0.2, -0.15) is 0 Å². The Morgan fingerprint density at radius 1 is 1.00 bits per heavy atom. The maximum atomic E-state index is 13.0. The molecule has 0 unspecified atom stereocenters. The van der Waals surface area contributed by atoms with Crippen molar-refractivity contribution in [2.75, 3.05) is 45.3 Å². The molecular formula is C21H21N3O4S. The summed E-state index contributed by atoms with van der Waals surface area (Å²) >= 11 is 1.62. The Kier molecular flexibility index (Phi) is 5.35. The second-order valence-electron chi connectivity index (χ2n) is 6.65. The van der Waals surface area contributed by atoms with Gasteiger partial charge >= 0.3 is 5.97 Å². The van der Waals surface area contributed by atoms with E-state index in [-0.39, 0.29) is 5.91 Å². The molecule has 1 amide bonds. The molecule has 1 aliphatic rings. The minimum Gasteiger partial charge on any atom is -0.497 e. The Morgan fingerprint density at radius 2 is 1.72 bits per heavy atom. The largest absolute Gasteiger partial charge is 0.497 e. The Labute approximate surface area is 172 Å². The van der Waals surface area contributed by atoms with Crippen molar-refractivity contribution in [2.24, 2.45) is 0 Å². The molecule has 0 aliphatic carbocycles. The molecule has 8 heteroatoms. The van der Waals surface area contributed by atoms with Crippen LogP contribution in [-0.4, -0.2) is 62.2 Å². The topological polar surface area (TPSA) is 72.0 Å². The average molecular weight is 411 g/mol. The summed E-state index contributed by atoms with van der Waals surface area (Å²) in [5.41, 5.74) is 1.61. The predicted octanol–water partition coefficient (Wildman–Crippen LogP) is 3.05. The molecule has 1 aromatic heterocycles. The van der Waals surface area contributed by atoms with Crippen LogP contribution in [0.3, 0.4) is 0 Å². The van der Waals surface area contributed by atoms with Gasteiger partial charge in [0, 0.05) is 26.2 Å². The van der Waals surface area contributed by atoms with Crippen LogP contribution in [0.2, 0.25) is 0 Å². The van der Waals surface area contributed by atoms with E-state index < -0.39 is 5.97 Å². The van der Waals surface area contributed by atoms with Gasteiger partial charge in [0.05, 0.1) is 35.6 Å². The van der Waals surface area contributed by atoms with Gasteiger partial charge in [-0.25, -0.2) is 9.78 Å². The first kappa shape index (κ1) is 19.2. The van der Waals surface area contributed by atoms with Crippen molar-refractivity contribution < 1.29 is 19.1 Å². The van der Waals surface area contributed by atoms with Crippen LogP contribution in [-0.2, 0) is 4.74 Å². The number of amides is 1. The van der Waals surface area contributed by atoms with E-state index in [4.69, 9.17) is 14.5 Å². The fourth-order valence-electron chi connectivity index (χ4n) is 3.38. The third kappa shape index (κ3) is 3.75. The fraction of sp³-hybridized carbons (Fsp3) is 0.286. The van der Waals surface area contributed by atoms with Gasteiger partial charge < -0.3 is 19.3 Å². The lowest BCUT2D eigenvalue weighted by atomic mass is 10.1. The smallest absolute Gasteiger partial charge is 0.338 e. The van der Waals surface area contributed by atoms with E-state index in [1.54, 1.807) is 47.6 Å². The van der Waals surface area contributed by atoms with Crippen LogP contribution in [0.15, 0.2) is 42.5 Å². The lowest BCUT2D eigenvalue weighted by Gasteiger charge is -2.34. The fourth-order valence-corrected chi connectivity index (χ4v) is 4.43. The third-order valence-electron chi connectivity index (χ3n) is 4.98. The highest BCUT2D eigenvalue weighted by Crippen LogP contribution is 2.32. The SMILES string of the molecule is COC(=O)c1ccccc1C(=O)N1CCN(c2nc3ccc(OC)cc3s2)CC1. The van der Waals surface area contributed by atoms with E-state index in [9.17, 15) is 9.59 Å². The second-order valence-corrected chi connectivity index (χ2v) is 7.66. The normalized spacial score (nSPS) is 14.1. The van der Waals surface area contributed by atoms with Gasteiger partial charge in [-0.05, 0) is 30.3 Å². The molecule has 0 radical (unpaired) electrons. The Morgan fingerprint density at radius 3 is 2.41 bits per heavy atom. The van der Waals surface area contributed by atoms with Gasteiger partial charge in [0.25, 0.3) is 5.91 Å². The van der Waals surface area contributed by atoms with E-state index in [1.807, 2.05) is 18.2 Å². The molecule has 29 heavy (non-hydrogen) atoms. The number of fused-ring (bicyclic) bond motifs is 1. The number of ether oxygens (including phenoxy) is 2. The number of rotatable bonds is 4. The molecule has 150 valence electrons. The Balaban J connectivity index is 1.47. The molecule has 7 nitrogen and oxygen atoms in total. The molecule has 2 aromatic carbocycles. The van der Waals surface area contributed by atoms with E-state index >= 15 is 0 Å². The van der Waals surface area contributed by atoms with Gasteiger partial charge in [-0.15, -0.1) is 0 Å². The van der Waals surface area contributed by atoms with Gasteiger partial charge in [-0.1, -0.05) is 23.5 Å². The lowest BCUT2D eigenvalue weighted by Crippen LogP contribution is -2.49. The van der Waals surface area contributed by atoms with Gasteiger partial charge in [0.15, 0.2) is 5.13 Å². The first-order chi connectivity index (χ1) is 14.1. The maximum absolute atomic E-state index is 13.0. The molecular weight excluding hydrogens is 390 g/mol. The number of hydrogen-bond acceptors (Lipinski definition) is 7. The molecule has 1 fully saturated rings. The summed E-state index contributed by atoms with van der Waals surface area (Å²) in [6.45, 7) is 2.49. The van der Waals surface area contributed by atoms with E-state index in [1.165, 1.54) is 7.11 Å². The Hall–Kier alpha value is -3.13. The number of methoxy groups -OCH3 is 2. The van der Waals surface area contributed by atoms with Crippen molar-refractivity contribution in [1.82, 2.24) is 9.88 Å². The summed E-state index contributed by atoms with van der Waals surface area (Å²) < 4.78 is 11.2. The number of nitrogens with zero attached hydrogens (tertiary/aromatic N) is 3. The first-order valence-corrected chi connectivity index (χ1v) is 10.1. The highest BCUT2D eigenvalue weighted by molar-refractivity contribution is 7.22. The standard InChI is InChI=1S/C21H21N3O4S/c1-27-14-7-8-17-18(13-14)29-21(22-17)24-11-9-23(10-12-24)19(25)15-5-3-4-6-16(15)20(26)28-2/h3-8,13H,9-12H2,1-2H3. The molecule has 0 atom stereocenters. The number of anilines is 1. The number of thiazole rings is 1. The highest BCUT2D eigenvalue weighted by atomic mass is 32.1. The van der Waals surface area contributed by atoms with Crippen LogP contribution in [0, 0.1) is 0 Å². The molecule has 3 aromatic rings. The molecule has 0 N–H and O–H groups in total. The zero-order valence-electron chi connectivity index (χ0n) is 16.3. The molecule has 1 aliphatic heterocycles. The maximum Gasteiger partial charge on any atom is 0.338 e. The van der Waals surface area contributed by atoms with Crippen LogP contribution in [0.25, 0.3) is 10.2 Å². The van der Waals surface area contributed by atoms with Crippen molar-refractivity contribution in [3.05, 3.63) is 53.6 Å². The van der Waals surface area contributed by atoms with Crippen LogP contribution in [0.1, 0.15) is 20.7 Å². The van der Waals surface area contributed by atoms with Crippen LogP contribution >= 0.6 is 11.3 Å². The molecule has 0 saturated carbocycles. The van der Waals surface area contributed by atoms with Gasteiger partial charge in [0.2, 0.25) is 0 Å². The minimum atomic E-state index is -0.502.